The first-order valence-electron chi connectivity index (χ1n) is 7.62. The molecule has 2 N–H and O–H groups in total. The zero-order chi connectivity index (χ0) is 14.4. The van der Waals surface area contributed by atoms with Crippen molar-refractivity contribution in [1.82, 2.24) is 4.90 Å². The normalized spacial score (nSPS) is 26.6. The van der Waals surface area contributed by atoms with Gasteiger partial charge in [0.05, 0.1) is 5.56 Å². The molecule has 1 aliphatic heterocycles. The molecule has 1 aromatic rings. The van der Waals surface area contributed by atoms with E-state index in [-0.39, 0.29) is 11.9 Å². The molecule has 2 aliphatic rings. The maximum atomic E-state index is 12.6. The molecule has 0 bridgehead atoms. The molecule has 1 saturated heterocycles. The lowest BCUT2D eigenvalue weighted by Crippen LogP contribution is -2.32. The van der Waals surface area contributed by atoms with Crippen LogP contribution in [0.2, 0.25) is 0 Å². The fraction of sp³-hybridized carbons (Fsp3) is 0.688. The molecule has 2 heterocycles. The number of carbonyl (C=O) groups excluding carboxylic acids is 1. The van der Waals surface area contributed by atoms with E-state index in [1.54, 1.807) is 0 Å². The number of hydrogen-bond acceptors (Lipinski definition) is 3. The Labute approximate surface area is 120 Å². The van der Waals surface area contributed by atoms with Gasteiger partial charge in [-0.2, -0.15) is 0 Å². The summed E-state index contributed by atoms with van der Waals surface area (Å²) in [5.41, 5.74) is 6.91. The third-order valence-electron chi connectivity index (χ3n) is 4.66. The minimum atomic E-state index is 0.0803. The number of rotatable bonds is 3. The fourth-order valence-electron chi connectivity index (χ4n) is 3.22. The highest BCUT2D eigenvalue weighted by atomic mass is 16.3. The quantitative estimate of drug-likeness (QED) is 0.923. The second-order valence-corrected chi connectivity index (χ2v) is 6.65. The number of amides is 1. The molecule has 2 fully saturated rings. The molecule has 4 nitrogen and oxygen atoms in total. The first kappa shape index (κ1) is 13.7. The maximum Gasteiger partial charge on any atom is 0.257 e. The zero-order valence-corrected chi connectivity index (χ0v) is 12.6. The van der Waals surface area contributed by atoms with Crippen molar-refractivity contribution in [3.8, 4) is 0 Å². The van der Waals surface area contributed by atoms with Crippen molar-refractivity contribution in [2.24, 2.45) is 17.6 Å². The molecule has 1 aromatic heterocycles. The summed E-state index contributed by atoms with van der Waals surface area (Å²) < 4.78 is 5.69. The molecule has 0 radical (unpaired) electrons. The molecule has 0 unspecified atom stereocenters. The van der Waals surface area contributed by atoms with Gasteiger partial charge in [0.15, 0.2) is 0 Å². The van der Waals surface area contributed by atoms with E-state index < -0.39 is 0 Å². The number of likely N-dealkylation sites (tertiary alicyclic amines) is 1. The van der Waals surface area contributed by atoms with Gasteiger partial charge in [-0.1, -0.05) is 13.8 Å². The molecule has 20 heavy (non-hydrogen) atoms. The van der Waals surface area contributed by atoms with Gasteiger partial charge in [-0.3, -0.25) is 4.79 Å². The summed E-state index contributed by atoms with van der Waals surface area (Å²) >= 11 is 0. The molecule has 1 saturated carbocycles. The summed E-state index contributed by atoms with van der Waals surface area (Å²) in [4.78, 5) is 14.6. The van der Waals surface area contributed by atoms with Crippen molar-refractivity contribution in [2.75, 3.05) is 13.1 Å². The van der Waals surface area contributed by atoms with E-state index in [4.69, 9.17) is 10.2 Å². The van der Waals surface area contributed by atoms with Gasteiger partial charge in [-0.25, -0.2) is 0 Å². The van der Waals surface area contributed by atoms with E-state index in [2.05, 4.69) is 13.8 Å². The van der Waals surface area contributed by atoms with Crippen LogP contribution >= 0.6 is 0 Å². The highest BCUT2D eigenvalue weighted by molar-refractivity contribution is 5.95. The van der Waals surface area contributed by atoms with Gasteiger partial charge < -0.3 is 15.1 Å². The van der Waals surface area contributed by atoms with Crippen LogP contribution in [0.3, 0.4) is 0 Å². The Morgan fingerprint density at radius 3 is 2.65 bits per heavy atom. The summed E-state index contributed by atoms with van der Waals surface area (Å²) in [5, 5.41) is 0. The number of hydrogen-bond donors (Lipinski definition) is 1. The number of nitrogens with zero attached hydrogens (tertiary/aromatic N) is 1. The lowest BCUT2D eigenvalue weighted by molar-refractivity contribution is 0.0783. The van der Waals surface area contributed by atoms with Gasteiger partial charge >= 0.3 is 0 Å². The lowest BCUT2D eigenvalue weighted by Gasteiger charge is -2.15. The van der Waals surface area contributed by atoms with Crippen molar-refractivity contribution in [1.29, 1.82) is 0 Å². The van der Waals surface area contributed by atoms with Gasteiger partial charge in [0.2, 0.25) is 0 Å². The summed E-state index contributed by atoms with van der Waals surface area (Å²) in [6, 6.07) is 2.04. The van der Waals surface area contributed by atoms with Crippen LogP contribution < -0.4 is 5.73 Å². The lowest BCUT2D eigenvalue weighted by atomic mass is 9.99. The first-order chi connectivity index (χ1) is 9.47. The van der Waals surface area contributed by atoms with Crippen LogP contribution in [0.15, 0.2) is 10.5 Å². The minimum Gasteiger partial charge on any atom is -0.465 e. The Morgan fingerprint density at radius 1 is 1.40 bits per heavy atom. The van der Waals surface area contributed by atoms with E-state index in [1.165, 1.54) is 12.8 Å². The molecule has 0 aromatic carbocycles. The Kier molecular flexibility index (Phi) is 3.36. The van der Waals surface area contributed by atoms with Crippen LogP contribution in [-0.2, 0) is 0 Å². The van der Waals surface area contributed by atoms with Gasteiger partial charge in [0.25, 0.3) is 5.91 Å². The predicted molar refractivity (Wildman–Crippen MR) is 77.6 cm³/mol. The SMILES string of the molecule is Cc1oc(C(C)C)cc1C(=O)N1C[C@H](C2CC2)[C@@H](N)C1. The highest BCUT2D eigenvalue weighted by Crippen LogP contribution is 2.41. The number of aryl methyl sites for hydroxylation is 1. The smallest absolute Gasteiger partial charge is 0.257 e. The van der Waals surface area contributed by atoms with Crippen LogP contribution in [-0.4, -0.2) is 29.9 Å². The molecular formula is C16H24N2O2. The van der Waals surface area contributed by atoms with Crippen molar-refractivity contribution < 1.29 is 9.21 Å². The van der Waals surface area contributed by atoms with Gasteiger partial charge in [0, 0.05) is 25.0 Å². The average molecular weight is 276 g/mol. The van der Waals surface area contributed by atoms with Gasteiger partial charge in [-0.15, -0.1) is 0 Å². The molecule has 2 atom stereocenters. The van der Waals surface area contributed by atoms with E-state index >= 15 is 0 Å². The molecule has 4 heteroatoms. The number of furan rings is 1. The minimum absolute atomic E-state index is 0.0803. The van der Waals surface area contributed by atoms with Crippen LogP contribution in [0, 0.1) is 18.8 Å². The molecule has 1 amide bonds. The van der Waals surface area contributed by atoms with E-state index in [1.807, 2.05) is 17.9 Å². The summed E-state index contributed by atoms with van der Waals surface area (Å²) in [7, 11) is 0. The van der Waals surface area contributed by atoms with Crippen molar-refractivity contribution in [2.45, 2.75) is 45.6 Å². The van der Waals surface area contributed by atoms with Crippen molar-refractivity contribution in [3.63, 3.8) is 0 Å². The zero-order valence-electron chi connectivity index (χ0n) is 12.6. The van der Waals surface area contributed by atoms with Crippen LogP contribution in [0.4, 0.5) is 0 Å². The summed E-state index contributed by atoms with van der Waals surface area (Å²) in [6.45, 7) is 7.50. The third-order valence-corrected chi connectivity index (χ3v) is 4.66. The molecule has 110 valence electrons. The molecule has 3 rings (SSSR count). The molecular weight excluding hydrogens is 252 g/mol. The third kappa shape index (κ3) is 2.37. The summed E-state index contributed by atoms with van der Waals surface area (Å²) in [5.74, 6) is 3.23. The Hall–Kier alpha value is -1.29. The average Bonchev–Trinajstić information content (AvgIpc) is 3.05. The van der Waals surface area contributed by atoms with Crippen LogP contribution in [0.1, 0.15) is 54.5 Å². The standard InChI is InChI=1S/C16H24N2O2/c1-9(2)15-6-12(10(3)20-15)16(19)18-7-13(11-4-5-11)14(17)8-18/h6,9,11,13-14H,4-5,7-8,17H2,1-3H3/t13-,14+/m1/s1. The second-order valence-electron chi connectivity index (χ2n) is 6.65. The predicted octanol–water partition coefficient (Wildman–Crippen LogP) is 2.52. The van der Waals surface area contributed by atoms with Crippen molar-refractivity contribution >= 4 is 5.91 Å². The second kappa shape index (κ2) is 4.92. The highest BCUT2D eigenvalue weighted by Gasteiger charge is 2.42. The molecule has 0 spiro atoms. The number of nitrogens with two attached hydrogens (primary N) is 1. The Balaban J connectivity index is 1.76. The van der Waals surface area contributed by atoms with E-state index in [9.17, 15) is 4.79 Å². The first-order valence-corrected chi connectivity index (χ1v) is 7.62. The Bertz CT molecular complexity index is 517. The Morgan fingerprint density at radius 2 is 2.10 bits per heavy atom. The number of carbonyl (C=O) groups is 1. The summed E-state index contributed by atoms with van der Waals surface area (Å²) in [6.07, 6.45) is 2.56. The van der Waals surface area contributed by atoms with Gasteiger partial charge in [0.1, 0.15) is 11.5 Å². The van der Waals surface area contributed by atoms with Gasteiger partial charge in [-0.05, 0) is 37.7 Å². The molecule has 1 aliphatic carbocycles. The van der Waals surface area contributed by atoms with E-state index in [0.29, 0.717) is 23.9 Å². The topological polar surface area (TPSA) is 59.5 Å². The van der Waals surface area contributed by atoms with Crippen molar-refractivity contribution in [3.05, 3.63) is 23.2 Å². The fourth-order valence-corrected chi connectivity index (χ4v) is 3.22. The van der Waals surface area contributed by atoms with Crippen LogP contribution in [0.25, 0.3) is 0 Å². The monoisotopic (exact) mass is 276 g/mol. The van der Waals surface area contributed by atoms with E-state index in [0.717, 1.165) is 24.0 Å². The van der Waals surface area contributed by atoms with Crippen LogP contribution in [0.5, 0.6) is 0 Å². The maximum absolute atomic E-state index is 12.6. The largest absolute Gasteiger partial charge is 0.465 e.